The zero-order valence-corrected chi connectivity index (χ0v) is 13.3. The van der Waals surface area contributed by atoms with Crippen molar-refractivity contribution in [2.24, 2.45) is 0 Å². The minimum Gasteiger partial charge on any atom is -0.497 e. The molecule has 23 heavy (non-hydrogen) atoms. The van der Waals surface area contributed by atoms with Crippen LogP contribution in [0.1, 0.15) is 22.8 Å². The lowest BCUT2D eigenvalue weighted by Gasteiger charge is -2.14. The van der Waals surface area contributed by atoms with Crippen LogP contribution in [0.15, 0.2) is 48.5 Å². The maximum atomic E-state index is 12.1. The van der Waals surface area contributed by atoms with Crippen molar-refractivity contribution in [2.45, 2.75) is 20.0 Å². The molecule has 120 valence electrons. The van der Waals surface area contributed by atoms with Crippen LogP contribution in [-0.4, -0.2) is 25.1 Å². The predicted octanol–water partition coefficient (Wildman–Crippen LogP) is 3.19. The molecule has 0 fully saturated rings. The second-order valence-electron chi connectivity index (χ2n) is 5.14. The maximum absolute atomic E-state index is 12.1. The summed E-state index contributed by atoms with van der Waals surface area (Å²) in [7, 11) is 1.55. The van der Waals surface area contributed by atoms with E-state index < -0.39 is 18.0 Å². The van der Waals surface area contributed by atoms with Crippen molar-refractivity contribution in [3.63, 3.8) is 0 Å². The van der Waals surface area contributed by atoms with Gasteiger partial charge in [-0.25, -0.2) is 4.79 Å². The number of methoxy groups -OCH3 is 1. The molecule has 0 aliphatic carbocycles. The van der Waals surface area contributed by atoms with Crippen LogP contribution in [0.2, 0.25) is 0 Å². The Morgan fingerprint density at radius 1 is 1.09 bits per heavy atom. The highest BCUT2D eigenvalue weighted by Crippen LogP contribution is 2.17. The van der Waals surface area contributed by atoms with E-state index in [0.29, 0.717) is 17.0 Å². The van der Waals surface area contributed by atoms with Crippen LogP contribution in [0.25, 0.3) is 0 Å². The molecule has 1 N–H and O–H groups in total. The summed E-state index contributed by atoms with van der Waals surface area (Å²) in [6.07, 6.45) is -0.908. The van der Waals surface area contributed by atoms with Crippen molar-refractivity contribution in [1.82, 2.24) is 0 Å². The zero-order chi connectivity index (χ0) is 16.8. The molecule has 5 heteroatoms. The molecule has 1 atom stereocenters. The number of ether oxygens (including phenoxy) is 2. The normalized spacial score (nSPS) is 11.4. The van der Waals surface area contributed by atoms with E-state index in [1.807, 2.05) is 13.0 Å². The molecule has 5 nitrogen and oxygen atoms in total. The highest BCUT2D eigenvalue weighted by atomic mass is 16.5. The summed E-state index contributed by atoms with van der Waals surface area (Å²) < 4.78 is 10.3. The largest absolute Gasteiger partial charge is 0.497 e. The molecule has 1 amide bonds. The van der Waals surface area contributed by atoms with E-state index in [1.165, 1.54) is 6.92 Å². The van der Waals surface area contributed by atoms with Gasteiger partial charge in [0.15, 0.2) is 6.10 Å². The van der Waals surface area contributed by atoms with Gasteiger partial charge in [0.2, 0.25) is 0 Å². The van der Waals surface area contributed by atoms with Gasteiger partial charge in [0.05, 0.1) is 12.7 Å². The number of esters is 1. The Morgan fingerprint density at radius 3 is 2.52 bits per heavy atom. The molecule has 0 saturated heterocycles. The SMILES string of the molecule is COc1cccc(NC(=O)[C@H](C)OC(=O)c2cccc(C)c2)c1. The average Bonchev–Trinajstić information content (AvgIpc) is 2.54. The minimum absolute atomic E-state index is 0.403. The Bertz CT molecular complexity index is 712. The number of amides is 1. The van der Waals surface area contributed by atoms with Crippen molar-refractivity contribution in [3.05, 3.63) is 59.7 Å². The summed E-state index contributed by atoms with van der Waals surface area (Å²) in [4.78, 5) is 24.2. The van der Waals surface area contributed by atoms with Crippen molar-refractivity contribution < 1.29 is 19.1 Å². The van der Waals surface area contributed by atoms with Gasteiger partial charge >= 0.3 is 5.97 Å². The van der Waals surface area contributed by atoms with E-state index in [-0.39, 0.29) is 0 Å². The van der Waals surface area contributed by atoms with E-state index >= 15 is 0 Å². The number of aryl methyl sites for hydroxylation is 1. The number of hydrogen-bond acceptors (Lipinski definition) is 4. The Hall–Kier alpha value is -2.82. The molecule has 0 aliphatic rings. The number of carbonyl (C=O) groups is 2. The van der Waals surface area contributed by atoms with Crippen LogP contribution in [-0.2, 0) is 9.53 Å². The van der Waals surface area contributed by atoms with Crippen LogP contribution in [0.5, 0.6) is 5.75 Å². The summed E-state index contributed by atoms with van der Waals surface area (Å²) in [6.45, 7) is 3.42. The lowest BCUT2D eigenvalue weighted by molar-refractivity contribution is -0.123. The molecule has 0 spiro atoms. The molecular formula is C18H19NO4. The van der Waals surface area contributed by atoms with Crippen LogP contribution in [0.3, 0.4) is 0 Å². The van der Waals surface area contributed by atoms with E-state index in [2.05, 4.69) is 5.32 Å². The van der Waals surface area contributed by atoms with Gasteiger partial charge in [0.1, 0.15) is 5.75 Å². The fourth-order valence-electron chi connectivity index (χ4n) is 2.00. The monoisotopic (exact) mass is 313 g/mol. The maximum Gasteiger partial charge on any atom is 0.338 e. The standard InChI is InChI=1S/C18H19NO4/c1-12-6-4-7-14(10-12)18(21)23-13(2)17(20)19-15-8-5-9-16(11-15)22-3/h4-11,13H,1-3H3,(H,19,20)/t13-/m0/s1. The summed E-state index contributed by atoms with van der Waals surface area (Å²) in [5, 5.41) is 2.69. The molecule has 0 unspecified atom stereocenters. The lowest BCUT2D eigenvalue weighted by atomic mass is 10.1. The minimum atomic E-state index is -0.908. The zero-order valence-electron chi connectivity index (χ0n) is 13.3. The van der Waals surface area contributed by atoms with Crippen LogP contribution in [0.4, 0.5) is 5.69 Å². The third-order valence-electron chi connectivity index (χ3n) is 3.24. The second-order valence-corrected chi connectivity index (χ2v) is 5.14. The fraction of sp³-hybridized carbons (Fsp3) is 0.222. The van der Waals surface area contributed by atoms with Gasteiger partial charge in [-0.2, -0.15) is 0 Å². The third-order valence-corrected chi connectivity index (χ3v) is 3.24. The van der Waals surface area contributed by atoms with Crippen LogP contribution < -0.4 is 10.1 Å². The first-order valence-electron chi connectivity index (χ1n) is 7.22. The van der Waals surface area contributed by atoms with Gasteiger partial charge in [0.25, 0.3) is 5.91 Å². The summed E-state index contributed by atoms with van der Waals surface area (Å²) in [5.74, 6) is -0.298. The number of rotatable bonds is 5. The number of hydrogen-bond donors (Lipinski definition) is 1. The molecule has 2 aromatic carbocycles. The van der Waals surface area contributed by atoms with Gasteiger partial charge in [-0.05, 0) is 38.1 Å². The topological polar surface area (TPSA) is 64.6 Å². The number of benzene rings is 2. The van der Waals surface area contributed by atoms with Crippen molar-refractivity contribution >= 4 is 17.6 Å². The first-order valence-corrected chi connectivity index (χ1v) is 7.22. The van der Waals surface area contributed by atoms with Gasteiger partial charge in [0, 0.05) is 11.8 Å². The third kappa shape index (κ3) is 4.57. The smallest absolute Gasteiger partial charge is 0.338 e. The molecule has 2 rings (SSSR count). The van der Waals surface area contributed by atoms with E-state index in [1.54, 1.807) is 49.6 Å². The first-order chi connectivity index (χ1) is 11.0. The Morgan fingerprint density at radius 2 is 1.83 bits per heavy atom. The summed E-state index contributed by atoms with van der Waals surface area (Å²) in [6, 6.07) is 14.0. The fourth-order valence-corrected chi connectivity index (χ4v) is 2.00. The van der Waals surface area contributed by atoms with Gasteiger partial charge in [-0.3, -0.25) is 4.79 Å². The molecule has 0 saturated carbocycles. The van der Waals surface area contributed by atoms with Crippen molar-refractivity contribution in [1.29, 1.82) is 0 Å². The summed E-state index contributed by atoms with van der Waals surface area (Å²) >= 11 is 0. The second kappa shape index (κ2) is 7.45. The highest BCUT2D eigenvalue weighted by molar-refractivity contribution is 5.97. The Kier molecular flexibility index (Phi) is 5.36. The lowest BCUT2D eigenvalue weighted by Crippen LogP contribution is -2.30. The van der Waals surface area contributed by atoms with E-state index in [9.17, 15) is 9.59 Å². The van der Waals surface area contributed by atoms with E-state index in [0.717, 1.165) is 5.56 Å². The number of anilines is 1. The van der Waals surface area contributed by atoms with Crippen LogP contribution in [0, 0.1) is 6.92 Å². The summed E-state index contributed by atoms with van der Waals surface area (Å²) in [5.41, 5.74) is 1.95. The highest BCUT2D eigenvalue weighted by Gasteiger charge is 2.19. The number of carbonyl (C=O) groups excluding carboxylic acids is 2. The molecule has 0 aromatic heterocycles. The molecule has 0 aliphatic heterocycles. The quantitative estimate of drug-likeness (QED) is 0.861. The van der Waals surface area contributed by atoms with Crippen molar-refractivity contribution in [2.75, 3.05) is 12.4 Å². The molecule has 2 aromatic rings. The first kappa shape index (κ1) is 16.5. The predicted molar refractivity (Wildman–Crippen MR) is 87.7 cm³/mol. The van der Waals surface area contributed by atoms with Gasteiger partial charge in [-0.1, -0.05) is 23.8 Å². The molecule has 0 bridgehead atoms. The van der Waals surface area contributed by atoms with Crippen molar-refractivity contribution in [3.8, 4) is 5.75 Å². The number of nitrogens with one attached hydrogen (secondary N) is 1. The molecular weight excluding hydrogens is 294 g/mol. The Labute approximate surface area is 135 Å². The molecule has 0 heterocycles. The van der Waals surface area contributed by atoms with Gasteiger partial charge < -0.3 is 14.8 Å². The van der Waals surface area contributed by atoms with E-state index in [4.69, 9.17) is 9.47 Å². The van der Waals surface area contributed by atoms with Crippen LogP contribution >= 0.6 is 0 Å². The Balaban J connectivity index is 1.98. The van der Waals surface area contributed by atoms with Gasteiger partial charge in [-0.15, -0.1) is 0 Å². The molecule has 0 radical (unpaired) electrons. The average molecular weight is 313 g/mol.